The van der Waals surface area contributed by atoms with Crippen LogP contribution in [0.2, 0.25) is 0 Å². The van der Waals surface area contributed by atoms with E-state index in [1.54, 1.807) is 26.4 Å². The number of rotatable bonds is 6. The first-order valence-corrected chi connectivity index (χ1v) is 8.62. The van der Waals surface area contributed by atoms with Crippen LogP contribution in [0.5, 0.6) is 11.5 Å². The van der Waals surface area contributed by atoms with Gasteiger partial charge in [0.05, 0.1) is 19.9 Å². The Morgan fingerprint density at radius 2 is 1.80 bits per heavy atom. The molecule has 3 rings (SSSR count). The van der Waals surface area contributed by atoms with E-state index in [1.807, 2.05) is 36.4 Å². The molecule has 0 amide bonds. The summed E-state index contributed by atoms with van der Waals surface area (Å²) in [5.41, 5.74) is 2.14. The molecule has 128 valence electrons. The second-order valence-electron chi connectivity index (χ2n) is 5.20. The van der Waals surface area contributed by atoms with Gasteiger partial charge < -0.3 is 9.47 Å². The summed E-state index contributed by atoms with van der Waals surface area (Å²) in [6.07, 6.45) is 0. The first-order valence-electron chi connectivity index (χ1n) is 7.63. The van der Waals surface area contributed by atoms with E-state index in [0.717, 1.165) is 16.3 Å². The SMILES string of the molecule is COc1ccc(OC)c(-c2ccc(SCc3ccccc3F)nn2)c1. The van der Waals surface area contributed by atoms with Crippen LogP contribution in [0.4, 0.5) is 4.39 Å². The van der Waals surface area contributed by atoms with Crippen LogP contribution in [-0.2, 0) is 5.75 Å². The molecule has 0 atom stereocenters. The molecule has 0 aliphatic rings. The fourth-order valence-electron chi connectivity index (χ4n) is 2.32. The molecule has 0 bridgehead atoms. The molecule has 1 aromatic heterocycles. The van der Waals surface area contributed by atoms with Crippen molar-refractivity contribution in [2.24, 2.45) is 0 Å². The lowest BCUT2D eigenvalue weighted by Crippen LogP contribution is -1.94. The average molecular weight is 356 g/mol. The van der Waals surface area contributed by atoms with E-state index in [-0.39, 0.29) is 5.82 Å². The Morgan fingerprint density at radius 1 is 0.960 bits per heavy atom. The minimum Gasteiger partial charge on any atom is -0.497 e. The Bertz CT molecular complexity index is 856. The van der Waals surface area contributed by atoms with Crippen LogP contribution < -0.4 is 9.47 Å². The Labute approximate surface area is 150 Å². The Kier molecular flexibility index (Phi) is 5.50. The monoisotopic (exact) mass is 356 g/mol. The number of hydrogen-bond donors (Lipinski definition) is 0. The molecule has 0 radical (unpaired) electrons. The van der Waals surface area contributed by atoms with Crippen LogP contribution >= 0.6 is 11.8 Å². The van der Waals surface area contributed by atoms with E-state index in [1.165, 1.54) is 17.8 Å². The Balaban J connectivity index is 1.77. The van der Waals surface area contributed by atoms with E-state index in [9.17, 15) is 4.39 Å². The molecule has 6 heteroatoms. The first-order chi connectivity index (χ1) is 12.2. The van der Waals surface area contributed by atoms with Gasteiger partial charge in [-0.2, -0.15) is 0 Å². The van der Waals surface area contributed by atoms with Crippen molar-refractivity contribution in [1.29, 1.82) is 0 Å². The zero-order valence-corrected chi connectivity index (χ0v) is 14.7. The average Bonchev–Trinajstić information content (AvgIpc) is 2.67. The highest BCUT2D eigenvalue weighted by atomic mass is 32.2. The quantitative estimate of drug-likeness (QED) is 0.604. The maximum atomic E-state index is 13.7. The number of benzene rings is 2. The highest BCUT2D eigenvalue weighted by molar-refractivity contribution is 7.98. The largest absolute Gasteiger partial charge is 0.497 e. The van der Waals surface area contributed by atoms with Gasteiger partial charge in [-0.05, 0) is 42.0 Å². The van der Waals surface area contributed by atoms with Gasteiger partial charge in [0, 0.05) is 11.3 Å². The van der Waals surface area contributed by atoms with Gasteiger partial charge in [0.2, 0.25) is 0 Å². The fraction of sp³-hybridized carbons (Fsp3) is 0.158. The predicted molar refractivity (Wildman–Crippen MR) is 96.5 cm³/mol. The van der Waals surface area contributed by atoms with Crippen molar-refractivity contribution in [3.8, 4) is 22.8 Å². The standard InChI is InChI=1S/C19H17FN2O2S/c1-23-14-7-9-18(24-2)15(11-14)17-8-10-19(22-21-17)25-12-13-5-3-4-6-16(13)20/h3-11H,12H2,1-2H3. The third-order valence-electron chi connectivity index (χ3n) is 3.66. The van der Waals surface area contributed by atoms with Gasteiger partial charge >= 0.3 is 0 Å². The molecule has 0 spiro atoms. The second kappa shape index (κ2) is 7.98. The molecule has 0 N–H and O–H groups in total. The lowest BCUT2D eigenvalue weighted by Gasteiger charge is -2.10. The van der Waals surface area contributed by atoms with Gasteiger partial charge in [0.15, 0.2) is 0 Å². The normalized spacial score (nSPS) is 10.5. The summed E-state index contributed by atoms with van der Waals surface area (Å²) in [5.74, 6) is 1.71. The zero-order valence-electron chi connectivity index (χ0n) is 13.9. The Hall–Kier alpha value is -2.60. The number of hydrogen-bond acceptors (Lipinski definition) is 5. The summed E-state index contributed by atoms with van der Waals surface area (Å²) in [4.78, 5) is 0. The smallest absolute Gasteiger partial charge is 0.128 e. The van der Waals surface area contributed by atoms with Crippen molar-refractivity contribution in [2.75, 3.05) is 14.2 Å². The summed E-state index contributed by atoms with van der Waals surface area (Å²) < 4.78 is 24.3. The minimum absolute atomic E-state index is 0.208. The molecule has 1 heterocycles. The van der Waals surface area contributed by atoms with E-state index < -0.39 is 0 Å². The van der Waals surface area contributed by atoms with Crippen LogP contribution in [0.3, 0.4) is 0 Å². The molecule has 0 saturated heterocycles. The second-order valence-corrected chi connectivity index (χ2v) is 6.20. The van der Waals surface area contributed by atoms with Crippen molar-refractivity contribution < 1.29 is 13.9 Å². The molecule has 0 aliphatic carbocycles. The van der Waals surface area contributed by atoms with Crippen molar-refractivity contribution in [2.45, 2.75) is 10.8 Å². The van der Waals surface area contributed by atoms with Crippen LogP contribution in [0.15, 0.2) is 59.6 Å². The minimum atomic E-state index is -0.208. The van der Waals surface area contributed by atoms with Crippen molar-refractivity contribution in [1.82, 2.24) is 10.2 Å². The maximum Gasteiger partial charge on any atom is 0.128 e. The van der Waals surface area contributed by atoms with E-state index in [0.29, 0.717) is 22.8 Å². The van der Waals surface area contributed by atoms with Crippen LogP contribution in [0.1, 0.15) is 5.56 Å². The number of methoxy groups -OCH3 is 2. The van der Waals surface area contributed by atoms with Crippen molar-refractivity contribution in [3.63, 3.8) is 0 Å². The lowest BCUT2D eigenvalue weighted by molar-refractivity contribution is 0.404. The summed E-state index contributed by atoms with van der Waals surface area (Å²) in [6.45, 7) is 0. The van der Waals surface area contributed by atoms with Crippen LogP contribution in [0, 0.1) is 5.82 Å². The van der Waals surface area contributed by atoms with Gasteiger partial charge in [-0.25, -0.2) is 4.39 Å². The molecular formula is C19H17FN2O2S. The number of nitrogens with zero attached hydrogens (tertiary/aromatic N) is 2. The van der Waals surface area contributed by atoms with E-state index in [4.69, 9.17) is 9.47 Å². The van der Waals surface area contributed by atoms with Gasteiger partial charge in [-0.1, -0.05) is 30.0 Å². The molecule has 0 fully saturated rings. The van der Waals surface area contributed by atoms with Gasteiger partial charge in [0.25, 0.3) is 0 Å². The Morgan fingerprint density at radius 3 is 2.48 bits per heavy atom. The number of ether oxygens (including phenoxy) is 2. The summed E-state index contributed by atoms with van der Waals surface area (Å²) in [5, 5.41) is 9.22. The molecule has 0 aliphatic heterocycles. The number of halogens is 1. The van der Waals surface area contributed by atoms with Gasteiger partial charge in [-0.15, -0.1) is 10.2 Å². The fourth-order valence-corrected chi connectivity index (χ4v) is 3.12. The van der Waals surface area contributed by atoms with Gasteiger partial charge in [-0.3, -0.25) is 0 Å². The molecular weight excluding hydrogens is 339 g/mol. The zero-order chi connectivity index (χ0) is 17.6. The molecule has 0 saturated carbocycles. The molecule has 3 aromatic rings. The van der Waals surface area contributed by atoms with Crippen molar-refractivity contribution >= 4 is 11.8 Å². The maximum absolute atomic E-state index is 13.7. The molecule has 25 heavy (non-hydrogen) atoms. The van der Waals surface area contributed by atoms with Crippen LogP contribution in [0.25, 0.3) is 11.3 Å². The highest BCUT2D eigenvalue weighted by Crippen LogP contribution is 2.32. The third-order valence-corrected chi connectivity index (χ3v) is 4.62. The van der Waals surface area contributed by atoms with Crippen LogP contribution in [-0.4, -0.2) is 24.4 Å². The molecule has 0 unspecified atom stereocenters. The number of aromatic nitrogens is 2. The third kappa shape index (κ3) is 4.09. The molecule has 2 aromatic carbocycles. The first kappa shape index (κ1) is 17.2. The van der Waals surface area contributed by atoms with E-state index >= 15 is 0 Å². The summed E-state index contributed by atoms with van der Waals surface area (Å²) in [6, 6.07) is 16.0. The molecule has 4 nitrogen and oxygen atoms in total. The van der Waals surface area contributed by atoms with E-state index in [2.05, 4.69) is 10.2 Å². The van der Waals surface area contributed by atoms with Crippen molar-refractivity contribution in [3.05, 3.63) is 66.0 Å². The number of thioether (sulfide) groups is 1. The topological polar surface area (TPSA) is 44.2 Å². The summed E-state index contributed by atoms with van der Waals surface area (Å²) >= 11 is 1.44. The van der Waals surface area contributed by atoms with Gasteiger partial charge in [0.1, 0.15) is 22.3 Å². The summed E-state index contributed by atoms with van der Waals surface area (Å²) in [7, 11) is 3.22. The highest BCUT2D eigenvalue weighted by Gasteiger charge is 2.10. The lowest BCUT2D eigenvalue weighted by atomic mass is 10.1. The predicted octanol–water partition coefficient (Wildman–Crippen LogP) is 4.59.